The molecule has 4 nitrogen and oxygen atoms in total. The summed E-state index contributed by atoms with van der Waals surface area (Å²) in [5.74, 6) is 0.0866. The van der Waals surface area contributed by atoms with Crippen molar-refractivity contribution in [2.24, 2.45) is 0 Å². The lowest BCUT2D eigenvalue weighted by Gasteiger charge is -2.46. The Hall–Kier alpha value is -1.39. The van der Waals surface area contributed by atoms with Crippen molar-refractivity contribution in [3.8, 4) is 0 Å². The van der Waals surface area contributed by atoms with Gasteiger partial charge in [-0.3, -0.25) is 10.1 Å². The number of benzene rings is 1. The van der Waals surface area contributed by atoms with Crippen LogP contribution in [0.15, 0.2) is 30.3 Å². The molecule has 0 spiro atoms. The fourth-order valence-corrected chi connectivity index (χ4v) is 2.52. The van der Waals surface area contributed by atoms with Crippen molar-refractivity contribution in [1.82, 2.24) is 10.2 Å². The first kappa shape index (κ1) is 13.1. The summed E-state index contributed by atoms with van der Waals surface area (Å²) in [6, 6.07) is 10.2. The van der Waals surface area contributed by atoms with Crippen LogP contribution in [0.25, 0.3) is 0 Å². The van der Waals surface area contributed by atoms with Crippen molar-refractivity contribution in [3.05, 3.63) is 35.9 Å². The lowest BCUT2D eigenvalue weighted by molar-refractivity contribution is -0.150. The monoisotopic (exact) mass is 248 g/mol. The van der Waals surface area contributed by atoms with Gasteiger partial charge in [0.25, 0.3) is 0 Å². The van der Waals surface area contributed by atoms with Crippen molar-refractivity contribution < 1.29 is 9.53 Å². The molecule has 4 heteroatoms. The first-order valence-corrected chi connectivity index (χ1v) is 6.27. The average molecular weight is 248 g/mol. The van der Waals surface area contributed by atoms with Gasteiger partial charge >= 0.3 is 0 Å². The Labute approximate surface area is 108 Å². The molecule has 1 fully saturated rings. The van der Waals surface area contributed by atoms with Gasteiger partial charge in [-0.2, -0.15) is 0 Å². The number of rotatable bonds is 3. The van der Waals surface area contributed by atoms with Crippen LogP contribution < -0.4 is 5.32 Å². The van der Waals surface area contributed by atoms with Gasteiger partial charge in [-0.15, -0.1) is 0 Å². The zero-order valence-corrected chi connectivity index (χ0v) is 11.0. The molecule has 18 heavy (non-hydrogen) atoms. The molecule has 1 atom stereocenters. The minimum Gasteiger partial charge on any atom is -0.376 e. The summed E-state index contributed by atoms with van der Waals surface area (Å²) >= 11 is 0. The van der Waals surface area contributed by atoms with E-state index in [0.717, 1.165) is 6.42 Å². The molecule has 1 amide bonds. The number of hydrogen-bond acceptors (Lipinski definition) is 3. The van der Waals surface area contributed by atoms with E-state index in [2.05, 4.69) is 17.4 Å². The minimum atomic E-state index is -0.425. The SMILES string of the molecule is CNC1(Cc2ccccc2)COCCN1C(C)=O. The Bertz CT molecular complexity index is 408. The van der Waals surface area contributed by atoms with Gasteiger partial charge < -0.3 is 9.64 Å². The number of nitrogens with zero attached hydrogens (tertiary/aromatic N) is 1. The maximum Gasteiger partial charge on any atom is 0.221 e. The fraction of sp³-hybridized carbons (Fsp3) is 0.500. The molecule has 1 N–H and O–H groups in total. The van der Waals surface area contributed by atoms with Crippen LogP contribution >= 0.6 is 0 Å². The first-order valence-electron chi connectivity index (χ1n) is 6.27. The highest BCUT2D eigenvalue weighted by Gasteiger charge is 2.39. The number of likely N-dealkylation sites (N-methyl/N-ethyl adjacent to an activating group) is 1. The number of hydrogen-bond donors (Lipinski definition) is 1. The Kier molecular flexibility index (Phi) is 3.99. The van der Waals surface area contributed by atoms with Gasteiger partial charge in [0.2, 0.25) is 5.91 Å². The molecule has 0 bridgehead atoms. The predicted molar refractivity (Wildman–Crippen MR) is 70.1 cm³/mol. The number of morpholine rings is 1. The van der Waals surface area contributed by atoms with E-state index >= 15 is 0 Å². The van der Waals surface area contributed by atoms with E-state index < -0.39 is 5.66 Å². The molecule has 1 saturated heterocycles. The van der Waals surface area contributed by atoms with Gasteiger partial charge in [-0.25, -0.2) is 0 Å². The number of nitrogens with one attached hydrogen (secondary N) is 1. The van der Waals surface area contributed by atoms with Crippen LogP contribution in [0.3, 0.4) is 0 Å². The third kappa shape index (κ3) is 2.54. The van der Waals surface area contributed by atoms with Gasteiger partial charge in [0.05, 0.1) is 13.2 Å². The van der Waals surface area contributed by atoms with E-state index in [1.807, 2.05) is 30.1 Å². The summed E-state index contributed by atoms with van der Waals surface area (Å²) in [7, 11) is 1.88. The summed E-state index contributed by atoms with van der Waals surface area (Å²) in [4.78, 5) is 13.7. The van der Waals surface area contributed by atoms with Crippen LogP contribution in [-0.4, -0.2) is 43.3 Å². The Balaban J connectivity index is 2.24. The molecule has 0 aliphatic carbocycles. The third-order valence-corrected chi connectivity index (χ3v) is 3.50. The highest BCUT2D eigenvalue weighted by molar-refractivity contribution is 5.74. The molecule has 1 unspecified atom stereocenters. The highest BCUT2D eigenvalue weighted by atomic mass is 16.5. The molecule has 1 aromatic carbocycles. The number of carbonyl (C=O) groups is 1. The van der Waals surface area contributed by atoms with Crippen molar-refractivity contribution in [2.45, 2.75) is 19.0 Å². The fourth-order valence-electron chi connectivity index (χ4n) is 2.52. The molecule has 1 aliphatic rings. The maximum atomic E-state index is 11.8. The first-order chi connectivity index (χ1) is 8.68. The summed E-state index contributed by atoms with van der Waals surface area (Å²) in [6.07, 6.45) is 0.754. The molecule has 0 radical (unpaired) electrons. The van der Waals surface area contributed by atoms with Crippen LogP contribution in [0.1, 0.15) is 12.5 Å². The lowest BCUT2D eigenvalue weighted by Crippen LogP contribution is -2.66. The largest absolute Gasteiger partial charge is 0.376 e. The van der Waals surface area contributed by atoms with Crippen LogP contribution in [0.5, 0.6) is 0 Å². The molecule has 2 rings (SSSR count). The van der Waals surface area contributed by atoms with E-state index in [1.165, 1.54) is 5.56 Å². The normalized spacial score (nSPS) is 24.0. The summed E-state index contributed by atoms with van der Waals surface area (Å²) in [5, 5.41) is 3.28. The van der Waals surface area contributed by atoms with Gasteiger partial charge in [-0.05, 0) is 12.6 Å². The van der Waals surface area contributed by atoms with E-state index in [-0.39, 0.29) is 5.91 Å². The number of ether oxygens (including phenoxy) is 1. The van der Waals surface area contributed by atoms with E-state index in [1.54, 1.807) is 6.92 Å². The smallest absolute Gasteiger partial charge is 0.221 e. The van der Waals surface area contributed by atoms with Crippen molar-refractivity contribution in [3.63, 3.8) is 0 Å². The second-order valence-corrected chi connectivity index (χ2v) is 4.67. The molecule has 98 valence electrons. The summed E-state index contributed by atoms with van der Waals surface area (Å²) in [5.41, 5.74) is 0.773. The van der Waals surface area contributed by atoms with Crippen LogP contribution in [0.2, 0.25) is 0 Å². The molecular weight excluding hydrogens is 228 g/mol. The molecule has 1 aromatic rings. The molecule has 1 aliphatic heterocycles. The van der Waals surface area contributed by atoms with Gasteiger partial charge in [0.1, 0.15) is 5.66 Å². The average Bonchev–Trinajstić information content (AvgIpc) is 2.40. The van der Waals surface area contributed by atoms with Crippen molar-refractivity contribution in [2.75, 3.05) is 26.8 Å². The molecule has 0 aromatic heterocycles. The van der Waals surface area contributed by atoms with E-state index in [4.69, 9.17) is 4.74 Å². The second kappa shape index (κ2) is 5.50. The van der Waals surface area contributed by atoms with E-state index in [9.17, 15) is 4.79 Å². The quantitative estimate of drug-likeness (QED) is 0.868. The zero-order chi connectivity index (χ0) is 13.0. The minimum absolute atomic E-state index is 0.0866. The van der Waals surface area contributed by atoms with Crippen LogP contribution in [-0.2, 0) is 16.0 Å². The number of carbonyl (C=O) groups excluding carboxylic acids is 1. The molecular formula is C14H20N2O2. The standard InChI is InChI=1S/C14H20N2O2/c1-12(17)16-8-9-18-11-14(16,15-2)10-13-6-4-3-5-7-13/h3-7,15H,8-11H2,1-2H3. The number of amides is 1. The topological polar surface area (TPSA) is 41.6 Å². The summed E-state index contributed by atoms with van der Waals surface area (Å²) < 4.78 is 5.57. The van der Waals surface area contributed by atoms with E-state index in [0.29, 0.717) is 19.8 Å². The lowest BCUT2D eigenvalue weighted by atomic mass is 9.97. The Morgan fingerprint density at radius 1 is 1.44 bits per heavy atom. The van der Waals surface area contributed by atoms with Gasteiger partial charge in [-0.1, -0.05) is 30.3 Å². The second-order valence-electron chi connectivity index (χ2n) is 4.67. The van der Waals surface area contributed by atoms with Crippen LogP contribution in [0.4, 0.5) is 0 Å². The van der Waals surface area contributed by atoms with Gasteiger partial charge in [0.15, 0.2) is 0 Å². The zero-order valence-electron chi connectivity index (χ0n) is 11.0. The van der Waals surface area contributed by atoms with Crippen molar-refractivity contribution >= 4 is 5.91 Å². The summed E-state index contributed by atoms with van der Waals surface area (Å²) in [6.45, 7) is 3.39. The van der Waals surface area contributed by atoms with Crippen molar-refractivity contribution in [1.29, 1.82) is 0 Å². The molecule has 1 heterocycles. The maximum absolute atomic E-state index is 11.8. The Morgan fingerprint density at radius 3 is 2.78 bits per heavy atom. The van der Waals surface area contributed by atoms with Crippen LogP contribution in [0, 0.1) is 0 Å². The highest BCUT2D eigenvalue weighted by Crippen LogP contribution is 2.22. The molecule has 0 saturated carbocycles. The Morgan fingerprint density at radius 2 is 2.17 bits per heavy atom. The third-order valence-electron chi connectivity index (χ3n) is 3.50. The van der Waals surface area contributed by atoms with Gasteiger partial charge in [0, 0.05) is 19.9 Å². The predicted octanol–water partition coefficient (Wildman–Crippen LogP) is 1.02.